The number of nitrogens with zero attached hydrogens (tertiary/aromatic N) is 1. The van der Waals surface area contributed by atoms with Gasteiger partial charge in [0.2, 0.25) is 5.91 Å². The molecule has 1 amide bonds. The predicted molar refractivity (Wildman–Crippen MR) is 53.2 cm³/mol. The van der Waals surface area contributed by atoms with Crippen LogP contribution in [0, 0.1) is 0 Å². The van der Waals surface area contributed by atoms with Gasteiger partial charge in [0.1, 0.15) is 5.15 Å². The van der Waals surface area contributed by atoms with Crippen molar-refractivity contribution in [2.45, 2.75) is 6.42 Å². The van der Waals surface area contributed by atoms with E-state index in [-0.39, 0.29) is 5.91 Å². The number of hydrogen-bond donors (Lipinski definition) is 1. The van der Waals surface area contributed by atoms with Crippen molar-refractivity contribution >= 4 is 34.8 Å². The third kappa shape index (κ3) is 3.61. The Morgan fingerprint density at radius 1 is 1.62 bits per heavy atom. The molecule has 0 spiro atoms. The number of carbonyl (C=O) groups excluding carboxylic acids is 1. The van der Waals surface area contributed by atoms with E-state index in [1.807, 2.05) is 0 Å². The maximum atomic E-state index is 11.1. The van der Waals surface area contributed by atoms with E-state index in [0.717, 1.165) is 0 Å². The number of amides is 1. The third-order valence-electron chi connectivity index (χ3n) is 1.33. The van der Waals surface area contributed by atoms with Crippen LogP contribution in [0.2, 0.25) is 5.15 Å². The molecule has 0 fully saturated rings. The number of nitrogens with one attached hydrogen (secondary N) is 1. The summed E-state index contributed by atoms with van der Waals surface area (Å²) < 4.78 is 0. The van der Waals surface area contributed by atoms with Gasteiger partial charge in [-0.3, -0.25) is 4.79 Å². The first kappa shape index (κ1) is 10.3. The van der Waals surface area contributed by atoms with Gasteiger partial charge >= 0.3 is 0 Å². The number of anilines is 1. The molecule has 0 aliphatic heterocycles. The molecular formula is C8H8Cl2N2O. The normalized spacial score (nSPS) is 9.69. The lowest BCUT2D eigenvalue weighted by atomic mass is 10.4. The highest BCUT2D eigenvalue weighted by Crippen LogP contribution is 2.11. The average Bonchev–Trinajstić information content (AvgIpc) is 2.04. The van der Waals surface area contributed by atoms with E-state index in [0.29, 0.717) is 23.1 Å². The number of alkyl halides is 1. The average molecular weight is 219 g/mol. The molecule has 1 N–H and O–H groups in total. The van der Waals surface area contributed by atoms with Crippen LogP contribution in [0.15, 0.2) is 18.3 Å². The molecule has 0 saturated carbocycles. The minimum atomic E-state index is -0.128. The van der Waals surface area contributed by atoms with Gasteiger partial charge in [0, 0.05) is 24.2 Å². The summed E-state index contributed by atoms with van der Waals surface area (Å²) in [5, 5.41) is 2.99. The lowest BCUT2D eigenvalue weighted by Crippen LogP contribution is -2.11. The molecular weight excluding hydrogens is 211 g/mol. The van der Waals surface area contributed by atoms with Gasteiger partial charge in [-0.15, -0.1) is 11.6 Å². The fourth-order valence-corrected chi connectivity index (χ4v) is 1.14. The number of pyridine rings is 1. The van der Waals surface area contributed by atoms with Gasteiger partial charge in [0.05, 0.1) is 0 Å². The van der Waals surface area contributed by atoms with E-state index in [1.54, 1.807) is 12.1 Å². The number of carbonyl (C=O) groups is 1. The van der Waals surface area contributed by atoms with Gasteiger partial charge in [-0.1, -0.05) is 11.6 Å². The van der Waals surface area contributed by atoms with Gasteiger partial charge in [-0.05, 0) is 12.1 Å². The molecule has 0 saturated heterocycles. The van der Waals surface area contributed by atoms with Gasteiger partial charge in [-0.25, -0.2) is 4.98 Å². The molecule has 5 heteroatoms. The van der Waals surface area contributed by atoms with Crippen molar-refractivity contribution in [1.82, 2.24) is 4.98 Å². The molecule has 1 aromatic rings. The molecule has 1 rings (SSSR count). The van der Waals surface area contributed by atoms with Crippen molar-refractivity contribution in [3.05, 3.63) is 23.5 Å². The van der Waals surface area contributed by atoms with Crippen LogP contribution in [0.1, 0.15) is 6.42 Å². The number of rotatable bonds is 3. The van der Waals surface area contributed by atoms with Crippen molar-refractivity contribution in [2.24, 2.45) is 0 Å². The van der Waals surface area contributed by atoms with Crippen LogP contribution in [0.5, 0.6) is 0 Å². The smallest absolute Gasteiger partial charge is 0.225 e. The molecule has 0 aliphatic carbocycles. The third-order valence-corrected chi connectivity index (χ3v) is 1.73. The van der Waals surface area contributed by atoms with Gasteiger partial charge in [0.25, 0.3) is 0 Å². The molecule has 0 aliphatic rings. The highest BCUT2D eigenvalue weighted by atomic mass is 35.5. The molecule has 1 heterocycles. The first-order valence-electron chi connectivity index (χ1n) is 3.70. The van der Waals surface area contributed by atoms with Crippen molar-refractivity contribution in [3.8, 4) is 0 Å². The van der Waals surface area contributed by atoms with Gasteiger partial charge in [-0.2, -0.15) is 0 Å². The molecule has 13 heavy (non-hydrogen) atoms. The highest BCUT2D eigenvalue weighted by Gasteiger charge is 2.01. The minimum absolute atomic E-state index is 0.128. The van der Waals surface area contributed by atoms with Crippen LogP contribution in [-0.2, 0) is 4.79 Å². The van der Waals surface area contributed by atoms with Crippen LogP contribution in [0.4, 0.5) is 5.69 Å². The molecule has 0 radical (unpaired) electrons. The Morgan fingerprint density at radius 2 is 2.38 bits per heavy atom. The fraction of sp³-hybridized carbons (Fsp3) is 0.250. The zero-order valence-electron chi connectivity index (χ0n) is 6.76. The lowest BCUT2D eigenvalue weighted by molar-refractivity contribution is -0.115. The minimum Gasteiger partial charge on any atom is -0.326 e. The van der Waals surface area contributed by atoms with Crippen molar-refractivity contribution < 1.29 is 4.79 Å². The summed E-state index contributed by atoms with van der Waals surface area (Å²) >= 11 is 11.0. The van der Waals surface area contributed by atoms with Gasteiger partial charge in [0.15, 0.2) is 0 Å². The lowest BCUT2D eigenvalue weighted by Gasteiger charge is -2.02. The Balaban J connectivity index is 2.58. The Kier molecular flexibility index (Phi) is 3.99. The van der Waals surface area contributed by atoms with Crippen LogP contribution in [0.25, 0.3) is 0 Å². The molecule has 0 atom stereocenters. The van der Waals surface area contributed by atoms with E-state index < -0.39 is 0 Å². The molecule has 0 aromatic carbocycles. The monoisotopic (exact) mass is 218 g/mol. The summed E-state index contributed by atoms with van der Waals surface area (Å²) in [6.45, 7) is 0. The zero-order chi connectivity index (χ0) is 9.68. The maximum absolute atomic E-state index is 11.1. The summed E-state index contributed by atoms with van der Waals surface area (Å²) in [5.41, 5.74) is 0.634. The second kappa shape index (κ2) is 5.04. The second-order valence-electron chi connectivity index (χ2n) is 2.35. The first-order chi connectivity index (χ1) is 6.22. The molecule has 70 valence electrons. The number of hydrogen-bond acceptors (Lipinski definition) is 2. The van der Waals surface area contributed by atoms with E-state index in [2.05, 4.69) is 10.3 Å². The Bertz CT molecular complexity index is 304. The predicted octanol–water partition coefficient (Wildman–Crippen LogP) is 2.30. The van der Waals surface area contributed by atoms with Gasteiger partial charge < -0.3 is 5.32 Å². The molecule has 3 nitrogen and oxygen atoms in total. The van der Waals surface area contributed by atoms with Crippen LogP contribution >= 0.6 is 23.2 Å². The summed E-state index contributed by atoms with van der Waals surface area (Å²) in [7, 11) is 0. The summed E-state index contributed by atoms with van der Waals surface area (Å²) in [4.78, 5) is 14.8. The Hall–Kier alpha value is -0.800. The van der Waals surface area contributed by atoms with E-state index in [1.165, 1.54) is 6.20 Å². The molecule has 1 aromatic heterocycles. The molecule has 0 unspecified atom stereocenters. The first-order valence-corrected chi connectivity index (χ1v) is 4.61. The van der Waals surface area contributed by atoms with Crippen molar-refractivity contribution in [1.29, 1.82) is 0 Å². The standard InChI is InChI=1S/C8H8Cl2N2O/c9-3-1-8(13)12-6-2-4-11-7(10)5-6/h2,4-5H,1,3H2,(H,11,12,13). The van der Waals surface area contributed by atoms with Crippen LogP contribution in [-0.4, -0.2) is 16.8 Å². The molecule has 0 bridgehead atoms. The summed E-state index contributed by atoms with van der Waals surface area (Å²) in [6.07, 6.45) is 1.82. The Morgan fingerprint density at radius 3 is 3.00 bits per heavy atom. The number of aromatic nitrogens is 1. The van der Waals surface area contributed by atoms with Crippen molar-refractivity contribution in [2.75, 3.05) is 11.2 Å². The maximum Gasteiger partial charge on any atom is 0.225 e. The Labute approximate surface area is 86.1 Å². The fourth-order valence-electron chi connectivity index (χ4n) is 0.790. The summed E-state index contributed by atoms with van der Waals surface area (Å²) in [5.74, 6) is 0.183. The van der Waals surface area contributed by atoms with Crippen LogP contribution < -0.4 is 5.32 Å². The highest BCUT2D eigenvalue weighted by molar-refractivity contribution is 6.29. The quantitative estimate of drug-likeness (QED) is 0.626. The zero-order valence-corrected chi connectivity index (χ0v) is 8.27. The van der Waals surface area contributed by atoms with E-state index in [9.17, 15) is 4.79 Å². The largest absolute Gasteiger partial charge is 0.326 e. The summed E-state index contributed by atoms with van der Waals surface area (Å²) in [6, 6.07) is 3.24. The SMILES string of the molecule is O=C(CCCl)Nc1ccnc(Cl)c1. The van der Waals surface area contributed by atoms with Crippen molar-refractivity contribution in [3.63, 3.8) is 0 Å². The number of halogens is 2. The van der Waals surface area contributed by atoms with E-state index in [4.69, 9.17) is 23.2 Å². The van der Waals surface area contributed by atoms with Crippen LogP contribution in [0.3, 0.4) is 0 Å². The topological polar surface area (TPSA) is 42.0 Å². The van der Waals surface area contributed by atoms with E-state index >= 15 is 0 Å². The second-order valence-corrected chi connectivity index (χ2v) is 3.12.